The van der Waals surface area contributed by atoms with Gasteiger partial charge in [0.1, 0.15) is 0 Å². The van der Waals surface area contributed by atoms with Crippen LogP contribution in [0, 0.1) is 5.41 Å². The van der Waals surface area contributed by atoms with Crippen molar-refractivity contribution in [2.24, 2.45) is 5.41 Å². The lowest BCUT2D eigenvalue weighted by atomic mass is 9.81. The Morgan fingerprint density at radius 3 is 2.28 bits per heavy atom. The van der Waals surface area contributed by atoms with Crippen LogP contribution in [0.2, 0.25) is 0 Å². The molecule has 18 heavy (non-hydrogen) atoms. The smallest absolute Gasteiger partial charge is 0.0480 e. The van der Waals surface area contributed by atoms with Gasteiger partial charge >= 0.3 is 0 Å². The predicted octanol–water partition coefficient (Wildman–Crippen LogP) is 3.83. The van der Waals surface area contributed by atoms with Crippen molar-refractivity contribution >= 4 is 15.9 Å². The lowest BCUT2D eigenvalue weighted by Crippen LogP contribution is -2.44. The second-order valence-electron chi connectivity index (χ2n) is 6.31. The van der Waals surface area contributed by atoms with E-state index in [2.05, 4.69) is 27.9 Å². The van der Waals surface area contributed by atoms with E-state index in [1.165, 1.54) is 63.2 Å². The standard InChI is InChI=1S/C15H28BrNO/c1-17(14-6-10-18-11-7-14)13-15(12-16)8-4-2-3-5-9-15/h14H,2-13H2,1H3. The summed E-state index contributed by atoms with van der Waals surface area (Å²) in [5, 5.41) is 1.17. The molecule has 0 atom stereocenters. The van der Waals surface area contributed by atoms with Crippen LogP contribution in [0.3, 0.4) is 0 Å². The number of hydrogen-bond acceptors (Lipinski definition) is 2. The Bertz CT molecular complexity index is 233. The third-order valence-corrected chi connectivity index (χ3v) is 6.04. The van der Waals surface area contributed by atoms with Gasteiger partial charge < -0.3 is 9.64 Å². The summed E-state index contributed by atoms with van der Waals surface area (Å²) in [5.74, 6) is 0. The molecule has 3 heteroatoms. The number of ether oxygens (including phenoxy) is 1. The van der Waals surface area contributed by atoms with Gasteiger partial charge in [-0.1, -0.05) is 41.6 Å². The predicted molar refractivity (Wildman–Crippen MR) is 80.4 cm³/mol. The molecular weight excluding hydrogens is 290 g/mol. The molecule has 2 aliphatic rings. The summed E-state index contributed by atoms with van der Waals surface area (Å²) in [6, 6.07) is 0.748. The average Bonchev–Trinajstić information content (AvgIpc) is 2.66. The van der Waals surface area contributed by atoms with Crippen LogP contribution in [-0.2, 0) is 4.74 Å². The first kappa shape index (κ1) is 14.8. The molecule has 0 aromatic heterocycles. The largest absolute Gasteiger partial charge is 0.381 e. The molecule has 0 amide bonds. The van der Waals surface area contributed by atoms with Crippen LogP contribution in [0.1, 0.15) is 51.4 Å². The van der Waals surface area contributed by atoms with E-state index in [1.807, 2.05) is 0 Å². The number of halogens is 1. The van der Waals surface area contributed by atoms with E-state index >= 15 is 0 Å². The summed E-state index contributed by atoms with van der Waals surface area (Å²) in [4.78, 5) is 2.62. The minimum Gasteiger partial charge on any atom is -0.381 e. The molecule has 0 aromatic carbocycles. The second-order valence-corrected chi connectivity index (χ2v) is 6.87. The molecule has 0 N–H and O–H groups in total. The monoisotopic (exact) mass is 317 g/mol. The molecule has 0 bridgehead atoms. The Morgan fingerprint density at radius 2 is 1.72 bits per heavy atom. The fourth-order valence-corrected chi connectivity index (χ4v) is 4.33. The van der Waals surface area contributed by atoms with Crippen LogP contribution in [0.15, 0.2) is 0 Å². The number of alkyl halides is 1. The minimum absolute atomic E-state index is 0.531. The van der Waals surface area contributed by atoms with Gasteiger partial charge in [0.25, 0.3) is 0 Å². The molecule has 0 spiro atoms. The summed E-state index contributed by atoms with van der Waals surface area (Å²) in [6.45, 7) is 3.18. The second kappa shape index (κ2) is 7.25. The maximum atomic E-state index is 5.48. The van der Waals surface area contributed by atoms with Crippen LogP contribution in [0.25, 0.3) is 0 Å². The van der Waals surface area contributed by atoms with Gasteiger partial charge in [0.15, 0.2) is 0 Å². The quantitative estimate of drug-likeness (QED) is 0.577. The van der Waals surface area contributed by atoms with Gasteiger partial charge in [-0.05, 0) is 38.1 Å². The highest BCUT2D eigenvalue weighted by molar-refractivity contribution is 9.09. The molecule has 1 aliphatic carbocycles. The topological polar surface area (TPSA) is 12.5 Å². The van der Waals surface area contributed by atoms with Crippen LogP contribution in [0.4, 0.5) is 0 Å². The Balaban J connectivity index is 1.90. The molecule has 0 unspecified atom stereocenters. The Kier molecular flexibility index (Phi) is 5.96. The summed E-state index contributed by atoms with van der Waals surface area (Å²) in [7, 11) is 2.32. The first-order chi connectivity index (χ1) is 8.76. The maximum Gasteiger partial charge on any atom is 0.0480 e. The summed E-state index contributed by atoms with van der Waals surface area (Å²) >= 11 is 3.80. The van der Waals surface area contributed by atoms with Crippen molar-refractivity contribution < 1.29 is 4.74 Å². The fraction of sp³-hybridized carbons (Fsp3) is 1.00. The minimum atomic E-state index is 0.531. The number of rotatable bonds is 4. The van der Waals surface area contributed by atoms with Gasteiger partial charge in [-0.3, -0.25) is 0 Å². The molecule has 2 nitrogen and oxygen atoms in total. The first-order valence-electron chi connectivity index (χ1n) is 7.60. The lowest BCUT2D eigenvalue weighted by Gasteiger charge is -2.39. The van der Waals surface area contributed by atoms with Crippen LogP contribution >= 0.6 is 15.9 Å². The van der Waals surface area contributed by atoms with Crippen molar-refractivity contribution in [1.29, 1.82) is 0 Å². The van der Waals surface area contributed by atoms with E-state index in [-0.39, 0.29) is 0 Å². The highest BCUT2D eigenvalue weighted by atomic mass is 79.9. The van der Waals surface area contributed by atoms with Crippen molar-refractivity contribution in [1.82, 2.24) is 4.90 Å². The third-order valence-electron chi connectivity index (χ3n) is 4.85. The van der Waals surface area contributed by atoms with E-state index in [1.54, 1.807) is 0 Å². The average molecular weight is 318 g/mol. The molecule has 1 aliphatic heterocycles. The number of nitrogens with zero attached hydrogens (tertiary/aromatic N) is 1. The zero-order chi connectivity index (χ0) is 12.8. The van der Waals surface area contributed by atoms with E-state index < -0.39 is 0 Å². The van der Waals surface area contributed by atoms with E-state index in [0.29, 0.717) is 5.41 Å². The van der Waals surface area contributed by atoms with Gasteiger partial charge in [-0.15, -0.1) is 0 Å². The summed E-state index contributed by atoms with van der Waals surface area (Å²) < 4.78 is 5.48. The Hall–Kier alpha value is 0.400. The lowest BCUT2D eigenvalue weighted by molar-refractivity contribution is 0.0280. The van der Waals surface area contributed by atoms with Crippen LogP contribution in [-0.4, -0.2) is 43.1 Å². The molecule has 1 saturated carbocycles. The van der Waals surface area contributed by atoms with E-state index in [9.17, 15) is 0 Å². The highest BCUT2D eigenvalue weighted by Crippen LogP contribution is 2.38. The fourth-order valence-electron chi connectivity index (χ4n) is 3.60. The third kappa shape index (κ3) is 3.94. The Morgan fingerprint density at radius 1 is 1.11 bits per heavy atom. The van der Waals surface area contributed by atoms with E-state index in [0.717, 1.165) is 19.3 Å². The molecule has 0 radical (unpaired) electrons. The van der Waals surface area contributed by atoms with Gasteiger partial charge in [0.05, 0.1) is 0 Å². The zero-order valence-electron chi connectivity index (χ0n) is 11.8. The van der Waals surface area contributed by atoms with Crippen molar-refractivity contribution in [2.75, 3.05) is 32.1 Å². The zero-order valence-corrected chi connectivity index (χ0v) is 13.4. The maximum absolute atomic E-state index is 5.48. The van der Waals surface area contributed by atoms with Crippen molar-refractivity contribution in [2.45, 2.75) is 57.4 Å². The molecule has 106 valence electrons. The van der Waals surface area contributed by atoms with Crippen molar-refractivity contribution in [3.63, 3.8) is 0 Å². The highest BCUT2D eigenvalue weighted by Gasteiger charge is 2.33. The van der Waals surface area contributed by atoms with Crippen molar-refractivity contribution in [3.05, 3.63) is 0 Å². The molecule has 1 saturated heterocycles. The van der Waals surface area contributed by atoms with Gasteiger partial charge in [0, 0.05) is 31.1 Å². The Labute approximate surface area is 121 Å². The van der Waals surface area contributed by atoms with Gasteiger partial charge in [0.2, 0.25) is 0 Å². The van der Waals surface area contributed by atoms with Gasteiger partial charge in [-0.2, -0.15) is 0 Å². The van der Waals surface area contributed by atoms with Crippen LogP contribution < -0.4 is 0 Å². The molecule has 0 aromatic rings. The van der Waals surface area contributed by atoms with Gasteiger partial charge in [-0.25, -0.2) is 0 Å². The molecular formula is C15H28BrNO. The molecule has 2 fully saturated rings. The molecule has 2 rings (SSSR count). The normalized spacial score (nSPS) is 26.2. The summed E-state index contributed by atoms with van der Waals surface area (Å²) in [6.07, 6.45) is 11.0. The van der Waals surface area contributed by atoms with E-state index in [4.69, 9.17) is 4.74 Å². The van der Waals surface area contributed by atoms with Crippen LogP contribution in [0.5, 0.6) is 0 Å². The number of hydrogen-bond donors (Lipinski definition) is 0. The SMILES string of the molecule is CN(CC1(CBr)CCCCCC1)C1CCOCC1. The first-order valence-corrected chi connectivity index (χ1v) is 8.72. The summed E-state index contributed by atoms with van der Waals surface area (Å²) in [5.41, 5.74) is 0.531. The van der Waals surface area contributed by atoms with Crippen molar-refractivity contribution in [3.8, 4) is 0 Å². The molecule has 1 heterocycles.